The predicted molar refractivity (Wildman–Crippen MR) is 69.7 cm³/mol. The van der Waals surface area contributed by atoms with Crippen LogP contribution < -0.4 is 5.32 Å². The van der Waals surface area contributed by atoms with Crippen molar-refractivity contribution >= 4 is 11.6 Å². The monoisotopic (exact) mass is 290 g/mol. The van der Waals surface area contributed by atoms with Crippen LogP contribution in [0.4, 0.5) is 0 Å². The van der Waals surface area contributed by atoms with Crippen molar-refractivity contribution in [3.05, 3.63) is 30.2 Å². The first-order valence-electron chi connectivity index (χ1n) is 6.75. The van der Waals surface area contributed by atoms with Gasteiger partial charge in [0, 0.05) is 18.5 Å². The molecule has 2 aliphatic heterocycles. The smallest absolute Gasteiger partial charge is 0.272 e. The summed E-state index contributed by atoms with van der Waals surface area (Å²) in [6.45, 7) is 0.559. The van der Waals surface area contributed by atoms with Gasteiger partial charge in [0.25, 0.3) is 5.91 Å². The summed E-state index contributed by atoms with van der Waals surface area (Å²) in [5.41, 5.74) is 0.895. The van der Waals surface area contributed by atoms with E-state index in [0.717, 1.165) is 0 Å². The molecule has 4 atom stereocenters. The Balaban J connectivity index is 1.51. The van der Waals surface area contributed by atoms with Gasteiger partial charge in [-0.1, -0.05) is 0 Å². The van der Waals surface area contributed by atoms with Crippen molar-refractivity contribution in [3.63, 3.8) is 0 Å². The fraction of sp³-hybridized carbons (Fsp3) is 0.462. The van der Waals surface area contributed by atoms with Crippen LogP contribution in [-0.2, 0) is 9.47 Å². The molecule has 0 spiro atoms. The Hall–Kier alpha value is -2.03. The van der Waals surface area contributed by atoms with Crippen LogP contribution in [0.25, 0.3) is 5.65 Å². The van der Waals surface area contributed by atoms with Crippen LogP contribution in [0, 0.1) is 0 Å². The van der Waals surface area contributed by atoms with Crippen LogP contribution in [0.15, 0.2) is 24.5 Å². The van der Waals surface area contributed by atoms with Gasteiger partial charge in [0.05, 0.1) is 19.3 Å². The molecule has 8 heteroatoms. The minimum atomic E-state index is -0.628. The second kappa shape index (κ2) is 4.76. The lowest BCUT2D eigenvalue weighted by Gasteiger charge is -2.16. The van der Waals surface area contributed by atoms with Gasteiger partial charge < -0.3 is 19.9 Å². The van der Waals surface area contributed by atoms with E-state index in [1.165, 1.54) is 0 Å². The summed E-state index contributed by atoms with van der Waals surface area (Å²) in [6.07, 6.45) is 2.07. The van der Waals surface area contributed by atoms with Crippen LogP contribution in [0.5, 0.6) is 0 Å². The van der Waals surface area contributed by atoms with E-state index in [1.807, 2.05) is 0 Å². The molecule has 0 aliphatic carbocycles. The number of amides is 1. The molecule has 2 saturated heterocycles. The number of fused-ring (bicyclic) bond motifs is 2. The Morgan fingerprint density at radius 2 is 2.24 bits per heavy atom. The molecule has 8 nitrogen and oxygen atoms in total. The third kappa shape index (κ3) is 2.08. The summed E-state index contributed by atoms with van der Waals surface area (Å²) in [7, 11) is 0. The molecule has 2 aromatic heterocycles. The molecule has 2 N–H and O–H groups in total. The second-order valence-corrected chi connectivity index (χ2v) is 5.20. The molecular formula is C13H14N4O4. The van der Waals surface area contributed by atoms with Crippen LogP contribution >= 0.6 is 0 Å². The van der Waals surface area contributed by atoms with Gasteiger partial charge in [-0.15, -0.1) is 0 Å². The lowest BCUT2D eigenvalue weighted by molar-refractivity contribution is 0.0178. The Labute approximate surface area is 119 Å². The van der Waals surface area contributed by atoms with E-state index < -0.39 is 6.10 Å². The molecule has 1 amide bonds. The molecule has 0 radical (unpaired) electrons. The van der Waals surface area contributed by atoms with E-state index in [1.54, 1.807) is 29.0 Å². The highest BCUT2D eigenvalue weighted by Crippen LogP contribution is 2.27. The number of hydrogen-bond donors (Lipinski definition) is 2. The number of aliphatic hydroxyl groups is 1. The summed E-state index contributed by atoms with van der Waals surface area (Å²) in [6, 6.07) is 3.08. The average molecular weight is 290 g/mol. The molecule has 0 saturated carbocycles. The first-order chi connectivity index (χ1) is 10.2. The molecule has 21 heavy (non-hydrogen) atoms. The fourth-order valence-corrected chi connectivity index (χ4v) is 2.79. The van der Waals surface area contributed by atoms with Crippen molar-refractivity contribution in [1.82, 2.24) is 19.9 Å². The van der Waals surface area contributed by atoms with Crippen molar-refractivity contribution in [2.45, 2.75) is 24.4 Å². The van der Waals surface area contributed by atoms with Gasteiger partial charge in [-0.05, 0) is 6.07 Å². The molecule has 110 valence electrons. The molecule has 0 bridgehead atoms. The van der Waals surface area contributed by atoms with Crippen molar-refractivity contribution in [1.29, 1.82) is 0 Å². The normalized spacial score (nSPS) is 31.5. The minimum absolute atomic E-state index is 0.236. The number of aliphatic hydroxyl groups excluding tert-OH is 1. The fourth-order valence-electron chi connectivity index (χ4n) is 2.79. The Kier molecular flexibility index (Phi) is 2.88. The van der Waals surface area contributed by atoms with Crippen LogP contribution in [-0.4, -0.2) is 63.2 Å². The van der Waals surface area contributed by atoms with Crippen LogP contribution in [0.1, 0.15) is 10.5 Å². The van der Waals surface area contributed by atoms with Crippen molar-refractivity contribution < 1.29 is 19.4 Å². The third-order valence-corrected chi connectivity index (χ3v) is 3.81. The Morgan fingerprint density at radius 3 is 3.10 bits per heavy atom. The molecule has 2 fully saturated rings. The van der Waals surface area contributed by atoms with Gasteiger partial charge >= 0.3 is 0 Å². The predicted octanol–water partition coefficient (Wildman–Crippen LogP) is -1.01. The SMILES string of the molecule is O=C(N[C@H]1CO[C@H]2[C@@H]1OC[C@@H]2O)c1cc2ncccn2n1. The van der Waals surface area contributed by atoms with Crippen LogP contribution in [0.2, 0.25) is 0 Å². The number of hydrogen-bond acceptors (Lipinski definition) is 6. The maximum Gasteiger partial charge on any atom is 0.272 e. The number of carbonyl (C=O) groups is 1. The molecule has 0 unspecified atom stereocenters. The van der Waals surface area contributed by atoms with Gasteiger partial charge in [-0.25, -0.2) is 9.50 Å². The van der Waals surface area contributed by atoms with Crippen LogP contribution in [0.3, 0.4) is 0 Å². The molecule has 0 aromatic carbocycles. The number of rotatable bonds is 2. The standard InChI is InChI=1S/C13H14N4O4/c18-9-6-21-11-8(5-20-12(9)11)15-13(19)7-4-10-14-2-1-3-17(10)16-7/h1-4,8-9,11-12,18H,5-6H2,(H,15,19)/t8-,9-,11+,12+/m0/s1. The van der Waals surface area contributed by atoms with E-state index in [9.17, 15) is 9.90 Å². The molecule has 4 heterocycles. The van der Waals surface area contributed by atoms with Gasteiger partial charge in [0.15, 0.2) is 11.3 Å². The highest BCUT2D eigenvalue weighted by atomic mass is 16.6. The van der Waals surface area contributed by atoms with Gasteiger partial charge in [-0.3, -0.25) is 4.79 Å². The topological polar surface area (TPSA) is 98.0 Å². The zero-order chi connectivity index (χ0) is 14.4. The summed E-state index contributed by atoms with van der Waals surface area (Å²) >= 11 is 0. The summed E-state index contributed by atoms with van der Waals surface area (Å²) in [5.74, 6) is -0.306. The second-order valence-electron chi connectivity index (χ2n) is 5.20. The minimum Gasteiger partial charge on any atom is -0.388 e. The Morgan fingerprint density at radius 1 is 1.38 bits per heavy atom. The highest BCUT2D eigenvalue weighted by molar-refractivity contribution is 5.93. The number of nitrogens with zero attached hydrogens (tertiary/aromatic N) is 3. The molecule has 2 aliphatic rings. The summed E-state index contributed by atoms with van der Waals surface area (Å²) < 4.78 is 12.5. The van der Waals surface area contributed by atoms with E-state index in [4.69, 9.17) is 9.47 Å². The van der Waals surface area contributed by atoms with Gasteiger partial charge in [0.1, 0.15) is 18.3 Å². The number of ether oxygens (including phenoxy) is 2. The average Bonchev–Trinajstić information content (AvgIpc) is 3.16. The zero-order valence-electron chi connectivity index (χ0n) is 11.0. The van der Waals surface area contributed by atoms with E-state index in [2.05, 4.69) is 15.4 Å². The number of nitrogens with one attached hydrogen (secondary N) is 1. The summed E-state index contributed by atoms with van der Waals surface area (Å²) in [5, 5.41) is 16.7. The first kappa shape index (κ1) is 12.7. The van der Waals surface area contributed by atoms with E-state index >= 15 is 0 Å². The Bertz CT molecular complexity index is 655. The van der Waals surface area contributed by atoms with Crippen molar-refractivity contribution in [3.8, 4) is 0 Å². The van der Waals surface area contributed by atoms with Gasteiger partial charge in [0.2, 0.25) is 0 Å². The van der Waals surface area contributed by atoms with Crippen molar-refractivity contribution in [2.75, 3.05) is 13.2 Å². The van der Waals surface area contributed by atoms with Gasteiger partial charge in [-0.2, -0.15) is 5.10 Å². The largest absolute Gasteiger partial charge is 0.388 e. The maximum absolute atomic E-state index is 12.3. The number of carbonyl (C=O) groups excluding carboxylic acids is 1. The highest BCUT2D eigenvalue weighted by Gasteiger charge is 2.47. The molecule has 2 aromatic rings. The summed E-state index contributed by atoms with van der Waals surface area (Å²) in [4.78, 5) is 16.4. The first-order valence-corrected chi connectivity index (χ1v) is 6.75. The lowest BCUT2D eigenvalue weighted by Crippen LogP contribution is -2.44. The molecular weight excluding hydrogens is 276 g/mol. The van der Waals surface area contributed by atoms with E-state index in [0.29, 0.717) is 12.3 Å². The lowest BCUT2D eigenvalue weighted by atomic mass is 10.1. The third-order valence-electron chi connectivity index (χ3n) is 3.81. The van der Waals surface area contributed by atoms with Crippen molar-refractivity contribution in [2.24, 2.45) is 0 Å². The van der Waals surface area contributed by atoms with E-state index in [-0.39, 0.29) is 36.5 Å². The molecule has 4 rings (SSSR count). The maximum atomic E-state index is 12.3. The number of aromatic nitrogens is 3. The quantitative estimate of drug-likeness (QED) is 0.735. The zero-order valence-corrected chi connectivity index (χ0v) is 11.0.